The lowest BCUT2D eigenvalue weighted by Crippen LogP contribution is -2.39. The van der Waals surface area contributed by atoms with Gasteiger partial charge in [-0.25, -0.2) is 9.50 Å². The Morgan fingerprint density at radius 1 is 1.09 bits per heavy atom. The first-order valence-electron chi connectivity index (χ1n) is 13.0. The zero-order valence-corrected chi connectivity index (χ0v) is 21.9. The van der Waals surface area contributed by atoms with Crippen molar-refractivity contribution in [2.24, 2.45) is 0 Å². The van der Waals surface area contributed by atoms with Gasteiger partial charge < -0.3 is 9.72 Å². The van der Waals surface area contributed by atoms with Crippen LogP contribution in [-0.4, -0.2) is 31.8 Å². The number of hydrogen-bond acceptors (Lipinski definition) is 4. The van der Waals surface area contributed by atoms with E-state index in [2.05, 4.69) is 55.9 Å². The summed E-state index contributed by atoms with van der Waals surface area (Å²) in [5.41, 5.74) is 9.02. The van der Waals surface area contributed by atoms with E-state index in [4.69, 9.17) is 4.74 Å². The van der Waals surface area contributed by atoms with E-state index in [1.807, 2.05) is 15.9 Å². The minimum atomic E-state index is 0.187. The number of aromatic nitrogens is 4. The van der Waals surface area contributed by atoms with Gasteiger partial charge in [-0.2, -0.15) is 5.10 Å². The predicted molar refractivity (Wildman–Crippen MR) is 140 cm³/mol. The Hall–Kier alpha value is -2.18. The summed E-state index contributed by atoms with van der Waals surface area (Å²) in [6, 6.07) is 0. The van der Waals surface area contributed by atoms with Crippen molar-refractivity contribution in [1.29, 1.82) is 0 Å². The van der Waals surface area contributed by atoms with Crippen molar-refractivity contribution >= 4 is 27.2 Å². The van der Waals surface area contributed by atoms with Crippen LogP contribution in [0.3, 0.4) is 0 Å². The highest BCUT2D eigenvalue weighted by Gasteiger charge is 2.39. The fourth-order valence-corrected chi connectivity index (χ4v) is 7.99. The third kappa shape index (κ3) is 3.36. The lowest BCUT2D eigenvalue weighted by Gasteiger charge is -2.42. The van der Waals surface area contributed by atoms with Gasteiger partial charge in [-0.3, -0.25) is 0 Å². The molecule has 0 atom stereocenters. The van der Waals surface area contributed by atoms with Gasteiger partial charge >= 0.3 is 0 Å². The number of aromatic amines is 1. The second kappa shape index (κ2) is 8.20. The Morgan fingerprint density at radius 2 is 1.88 bits per heavy atom. The molecule has 6 heteroatoms. The van der Waals surface area contributed by atoms with Gasteiger partial charge in [-0.15, -0.1) is 11.3 Å². The topological polar surface area (TPSA) is 55.2 Å². The van der Waals surface area contributed by atoms with E-state index in [1.165, 1.54) is 88.7 Å². The molecule has 0 bridgehead atoms. The third-order valence-corrected chi connectivity index (χ3v) is 10.0. The molecule has 1 spiro atoms. The summed E-state index contributed by atoms with van der Waals surface area (Å²) >= 11 is 2.00. The molecule has 1 saturated carbocycles. The average molecular weight is 477 g/mol. The average Bonchev–Trinajstić information content (AvgIpc) is 3.52. The van der Waals surface area contributed by atoms with Gasteiger partial charge in [0.15, 0.2) is 5.65 Å². The number of nitrogens with zero attached hydrogens (tertiary/aromatic N) is 3. The Balaban J connectivity index is 1.41. The molecule has 4 aromatic heterocycles. The first-order chi connectivity index (χ1) is 16.4. The van der Waals surface area contributed by atoms with Crippen molar-refractivity contribution in [3.8, 4) is 11.3 Å². The molecule has 0 radical (unpaired) electrons. The van der Waals surface area contributed by atoms with Crippen molar-refractivity contribution < 1.29 is 4.74 Å². The van der Waals surface area contributed by atoms with Crippen LogP contribution >= 0.6 is 11.3 Å². The van der Waals surface area contributed by atoms with E-state index >= 15 is 0 Å². The molecule has 180 valence electrons. The first-order valence-corrected chi connectivity index (χ1v) is 13.8. The molecule has 1 saturated heterocycles. The van der Waals surface area contributed by atoms with Gasteiger partial charge in [0.2, 0.25) is 0 Å². The normalized spacial score (nSPS) is 23.6. The van der Waals surface area contributed by atoms with Gasteiger partial charge in [0, 0.05) is 28.6 Å². The van der Waals surface area contributed by atoms with Crippen molar-refractivity contribution in [1.82, 2.24) is 19.6 Å². The number of ether oxygens (including phenoxy) is 1. The van der Waals surface area contributed by atoms with Gasteiger partial charge in [-0.05, 0) is 99.8 Å². The fourth-order valence-electron chi connectivity index (χ4n) is 6.59. The van der Waals surface area contributed by atoms with Crippen LogP contribution in [0.4, 0.5) is 0 Å². The summed E-state index contributed by atoms with van der Waals surface area (Å²) in [5.74, 6) is 1.10. The Kier molecular flexibility index (Phi) is 5.38. The molecule has 2 fully saturated rings. The highest BCUT2D eigenvalue weighted by atomic mass is 32.1. The number of fused-ring (bicyclic) bond motifs is 2. The number of rotatable bonds is 3. The second-order valence-corrected chi connectivity index (χ2v) is 12.0. The standard InChI is InChI=1S/C28H36N4OS/c1-16(2)22-23-19(5)25(20-8-11-28(12-9-20)10-6-7-13-33-28)34-27(23)31-24(22)21-14-32-26(29-15-30-32)18(4)17(21)3/h14-16,20,31H,6-13H2,1-5H3/t20-,28-. The summed E-state index contributed by atoms with van der Waals surface area (Å²) in [7, 11) is 0. The molecule has 1 aliphatic carbocycles. The van der Waals surface area contributed by atoms with Crippen molar-refractivity contribution in [3.05, 3.63) is 39.7 Å². The van der Waals surface area contributed by atoms with Crippen molar-refractivity contribution in [3.63, 3.8) is 0 Å². The number of hydrogen-bond donors (Lipinski definition) is 1. The highest BCUT2D eigenvalue weighted by molar-refractivity contribution is 7.19. The molecule has 1 aliphatic heterocycles. The summed E-state index contributed by atoms with van der Waals surface area (Å²) in [6.07, 6.45) is 12.6. The molecule has 4 aromatic rings. The molecule has 1 N–H and O–H groups in total. The van der Waals surface area contributed by atoms with Gasteiger partial charge in [0.1, 0.15) is 11.2 Å². The summed E-state index contributed by atoms with van der Waals surface area (Å²) in [5, 5.41) is 5.89. The summed E-state index contributed by atoms with van der Waals surface area (Å²) < 4.78 is 8.23. The molecule has 0 unspecified atom stereocenters. The molecular weight excluding hydrogens is 440 g/mol. The van der Waals surface area contributed by atoms with Gasteiger partial charge in [-0.1, -0.05) is 13.8 Å². The van der Waals surface area contributed by atoms with Crippen molar-refractivity contribution in [2.75, 3.05) is 6.61 Å². The second-order valence-electron chi connectivity index (χ2n) is 10.9. The molecule has 0 aromatic carbocycles. The van der Waals surface area contributed by atoms with E-state index in [0.29, 0.717) is 11.8 Å². The largest absolute Gasteiger partial charge is 0.375 e. The zero-order chi connectivity index (χ0) is 23.6. The summed E-state index contributed by atoms with van der Waals surface area (Å²) in [6.45, 7) is 12.3. The van der Waals surface area contributed by atoms with Crippen LogP contribution in [0, 0.1) is 20.8 Å². The number of H-pyrrole nitrogens is 1. The molecule has 2 aliphatic rings. The minimum Gasteiger partial charge on any atom is -0.375 e. The zero-order valence-electron chi connectivity index (χ0n) is 21.1. The molecule has 0 amide bonds. The number of nitrogens with one attached hydrogen (secondary N) is 1. The molecular formula is C28H36N4OS. The maximum atomic E-state index is 6.31. The van der Waals surface area contributed by atoms with Crippen LogP contribution in [0.5, 0.6) is 0 Å². The third-order valence-electron chi connectivity index (χ3n) is 8.64. The van der Waals surface area contributed by atoms with E-state index in [0.717, 1.165) is 12.3 Å². The predicted octanol–water partition coefficient (Wildman–Crippen LogP) is 7.58. The Labute approximate surface area is 205 Å². The fraction of sp³-hybridized carbons (Fsp3) is 0.571. The van der Waals surface area contributed by atoms with Crippen LogP contribution in [0.15, 0.2) is 12.5 Å². The van der Waals surface area contributed by atoms with Crippen LogP contribution in [-0.2, 0) is 4.74 Å². The van der Waals surface area contributed by atoms with E-state index in [1.54, 1.807) is 11.2 Å². The smallest absolute Gasteiger partial charge is 0.158 e. The maximum Gasteiger partial charge on any atom is 0.158 e. The quantitative estimate of drug-likeness (QED) is 0.331. The van der Waals surface area contributed by atoms with E-state index in [9.17, 15) is 0 Å². The van der Waals surface area contributed by atoms with Gasteiger partial charge in [0.25, 0.3) is 0 Å². The first kappa shape index (κ1) is 22.3. The molecule has 6 rings (SSSR count). The maximum absolute atomic E-state index is 6.31. The Morgan fingerprint density at radius 3 is 2.59 bits per heavy atom. The van der Waals surface area contributed by atoms with E-state index in [-0.39, 0.29) is 5.60 Å². The van der Waals surface area contributed by atoms with Crippen LogP contribution < -0.4 is 0 Å². The molecule has 5 heterocycles. The molecule has 5 nitrogen and oxygen atoms in total. The summed E-state index contributed by atoms with van der Waals surface area (Å²) in [4.78, 5) is 11.3. The lowest BCUT2D eigenvalue weighted by atomic mass is 9.74. The van der Waals surface area contributed by atoms with Gasteiger partial charge in [0.05, 0.1) is 11.3 Å². The van der Waals surface area contributed by atoms with Crippen LogP contribution in [0.1, 0.15) is 97.8 Å². The Bertz CT molecular complexity index is 1360. The van der Waals surface area contributed by atoms with Crippen molar-refractivity contribution in [2.45, 2.75) is 97.0 Å². The monoisotopic (exact) mass is 476 g/mol. The minimum absolute atomic E-state index is 0.187. The lowest BCUT2D eigenvalue weighted by molar-refractivity contribution is -0.102. The number of aryl methyl sites for hydroxylation is 2. The number of pyridine rings is 1. The number of thiophene rings is 1. The van der Waals surface area contributed by atoms with Crippen LogP contribution in [0.25, 0.3) is 27.1 Å². The van der Waals surface area contributed by atoms with E-state index < -0.39 is 0 Å². The molecule has 34 heavy (non-hydrogen) atoms. The van der Waals surface area contributed by atoms with Crippen LogP contribution in [0.2, 0.25) is 0 Å². The highest BCUT2D eigenvalue weighted by Crippen LogP contribution is 2.50. The SMILES string of the molecule is Cc1c(-c2[nH]c3sc([C@H]4CC[C@@]5(CCCCO5)CC4)c(C)c3c2C(C)C)cn2ncnc2c1C.